The number of fused-ring (bicyclic) bond motifs is 1. The number of carbonyl (C=O) groups is 1. The number of aromatic nitrogens is 2. The van der Waals surface area contributed by atoms with Gasteiger partial charge in [0.25, 0.3) is 0 Å². The van der Waals surface area contributed by atoms with E-state index in [2.05, 4.69) is 29.3 Å². The summed E-state index contributed by atoms with van der Waals surface area (Å²) in [5, 5.41) is 8.51. The van der Waals surface area contributed by atoms with Crippen LogP contribution in [0, 0.1) is 5.82 Å². The molecule has 0 bridgehead atoms. The van der Waals surface area contributed by atoms with Crippen molar-refractivity contribution in [2.45, 2.75) is 32.6 Å². The summed E-state index contributed by atoms with van der Waals surface area (Å²) in [6.07, 6.45) is 8.66. The molecule has 1 aromatic heterocycles. The van der Waals surface area contributed by atoms with Gasteiger partial charge in [0.2, 0.25) is 5.91 Å². The normalized spacial score (nSPS) is 12.1. The van der Waals surface area contributed by atoms with Crippen molar-refractivity contribution in [2.24, 2.45) is 0 Å². The number of H-pyrrole nitrogens is 1. The van der Waals surface area contributed by atoms with Gasteiger partial charge in [-0.25, -0.2) is 4.39 Å². The Bertz CT molecular complexity index is 1470. The Morgan fingerprint density at radius 3 is 2.51 bits per heavy atom. The van der Waals surface area contributed by atoms with E-state index < -0.39 is 0 Å². The molecule has 4 aromatic rings. The van der Waals surface area contributed by atoms with Crippen LogP contribution >= 0.6 is 11.6 Å². The molecular weight excluding hydrogens is 513 g/mol. The summed E-state index contributed by atoms with van der Waals surface area (Å²) in [7, 11) is 3.48. The van der Waals surface area contributed by atoms with E-state index in [9.17, 15) is 9.18 Å². The van der Waals surface area contributed by atoms with Gasteiger partial charge in [-0.1, -0.05) is 42.8 Å². The van der Waals surface area contributed by atoms with Crippen LogP contribution in [0.25, 0.3) is 22.0 Å². The molecule has 0 radical (unpaired) electrons. The number of hydrogen-bond donors (Lipinski definition) is 1. The quantitative estimate of drug-likeness (QED) is 0.118. The van der Waals surface area contributed by atoms with Crippen LogP contribution in [0.2, 0.25) is 5.02 Å². The molecule has 5 nitrogen and oxygen atoms in total. The third-order valence-corrected chi connectivity index (χ3v) is 6.69. The topological polar surface area (TPSA) is 58.2 Å². The molecule has 202 valence electrons. The van der Waals surface area contributed by atoms with Crippen molar-refractivity contribution in [1.82, 2.24) is 15.1 Å². The number of aromatic amines is 1. The molecule has 0 atom stereocenters. The zero-order valence-corrected chi connectivity index (χ0v) is 23.3. The van der Waals surface area contributed by atoms with Gasteiger partial charge in [-0.3, -0.25) is 9.89 Å². The van der Waals surface area contributed by atoms with E-state index in [-0.39, 0.29) is 11.7 Å². The summed E-state index contributed by atoms with van der Waals surface area (Å²) in [4.78, 5) is 13.1. The second-order valence-corrected chi connectivity index (χ2v) is 9.98. The fourth-order valence-corrected chi connectivity index (χ4v) is 4.69. The second-order valence-electron chi connectivity index (χ2n) is 9.54. The third-order valence-electron chi connectivity index (χ3n) is 6.47. The molecule has 0 aliphatic rings. The molecular formula is C32H33ClFN3O2. The summed E-state index contributed by atoms with van der Waals surface area (Å²) < 4.78 is 20.3. The van der Waals surface area contributed by atoms with Crippen LogP contribution < -0.4 is 4.74 Å². The number of halogens is 2. The molecule has 0 saturated carbocycles. The predicted octanol–water partition coefficient (Wildman–Crippen LogP) is 7.92. The van der Waals surface area contributed by atoms with Gasteiger partial charge in [-0.2, -0.15) is 5.10 Å². The largest absolute Gasteiger partial charge is 0.494 e. The monoisotopic (exact) mass is 545 g/mol. The lowest BCUT2D eigenvalue weighted by Gasteiger charge is -2.17. The molecule has 0 aliphatic heterocycles. The van der Waals surface area contributed by atoms with Crippen molar-refractivity contribution in [2.75, 3.05) is 20.7 Å². The van der Waals surface area contributed by atoms with Crippen LogP contribution in [0.4, 0.5) is 4.39 Å². The van der Waals surface area contributed by atoms with Crippen LogP contribution in [0.5, 0.6) is 5.75 Å². The maximum absolute atomic E-state index is 14.3. The average molecular weight is 546 g/mol. The molecule has 7 heteroatoms. The van der Waals surface area contributed by atoms with Gasteiger partial charge in [-0.15, -0.1) is 0 Å². The van der Waals surface area contributed by atoms with Gasteiger partial charge in [0.1, 0.15) is 11.6 Å². The first kappa shape index (κ1) is 28.1. The Kier molecular flexibility index (Phi) is 9.55. The average Bonchev–Trinajstić information content (AvgIpc) is 3.39. The first-order chi connectivity index (χ1) is 18.9. The maximum atomic E-state index is 14.3. The lowest BCUT2D eigenvalue weighted by molar-refractivity contribution is -0.123. The molecule has 1 amide bonds. The van der Waals surface area contributed by atoms with Crippen LogP contribution in [0.1, 0.15) is 49.3 Å². The highest BCUT2D eigenvalue weighted by Gasteiger charge is 2.15. The standard InChI is InChI=1S/C32H33ClFN3O2/c1-4-29(24-18-26(33)20-27(34)19-24)32(23-12-15-30-25(17-23)21-35-36-30)22-10-13-28(14-11-22)39-16-8-6-5-7-9-31(38)37(2)3/h7,9-15,17-21H,4-6,8,16H2,1-3H3,(H,35,36)/b9-7+,32-29+. The number of allylic oxidation sites excluding steroid dienone is 2. The van der Waals surface area contributed by atoms with E-state index in [1.807, 2.05) is 42.5 Å². The fourth-order valence-electron chi connectivity index (χ4n) is 4.47. The van der Waals surface area contributed by atoms with E-state index in [0.717, 1.165) is 63.8 Å². The molecule has 0 saturated heterocycles. The second kappa shape index (κ2) is 13.3. The minimum Gasteiger partial charge on any atom is -0.494 e. The maximum Gasteiger partial charge on any atom is 0.245 e. The van der Waals surface area contributed by atoms with Crippen molar-refractivity contribution >= 4 is 39.6 Å². The Morgan fingerprint density at radius 2 is 1.79 bits per heavy atom. The number of rotatable bonds is 11. The van der Waals surface area contributed by atoms with Crippen molar-refractivity contribution < 1.29 is 13.9 Å². The van der Waals surface area contributed by atoms with Gasteiger partial charge in [-0.05, 0) is 102 Å². The van der Waals surface area contributed by atoms with Gasteiger partial charge in [0.15, 0.2) is 0 Å². The molecule has 0 aliphatic carbocycles. The molecule has 0 spiro atoms. The number of unbranched alkanes of at least 4 members (excludes halogenated alkanes) is 2. The lowest BCUT2D eigenvalue weighted by Crippen LogP contribution is -2.18. The van der Waals surface area contributed by atoms with E-state index in [0.29, 0.717) is 18.1 Å². The highest BCUT2D eigenvalue weighted by Crippen LogP contribution is 2.37. The van der Waals surface area contributed by atoms with Crippen molar-refractivity contribution in [3.63, 3.8) is 0 Å². The number of ether oxygens (including phenoxy) is 1. The number of amides is 1. The molecule has 1 heterocycles. The summed E-state index contributed by atoms with van der Waals surface area (Å²) >= 11 is 6.23. The number of likely N-dealkylation sites (N-methyl/N-ethyl adjacent to an activating group) is 1. The van der Waals surface area contributed by atoms with Crippen LogP contribution in [-0.2, 0) is 4.79 Å². The molecule has 39 heavy (non-hydrogen) atoms. The third kappa shape index (κ3) is 7.36. The number of nitrogens with zero attached hydrogens (tertiary/aromatic N) is 2. The smallest absolute Gasteiger partial charge is 0.245 e. The van der Waals surface area contributed by atoms with E-state index in [4.69, 9.17) is 16.3 Å². The molecule has 0 unspecified atom stereocenters. The van der Waals surface area contributed by atoms with Gasteiger partial charge >= 0.3 is 0 Å². The minimum absolute atomic E-state index is 0.00354. The predicted molar refractivity (Wildman–Crippen MR) is 157 cm³/mol. The Hall–Kier alpha value is -3.90. The van der Waals surface area contributed by atoms with E-state index in [1.165, 1.54) is 12.1 Å². The fraction of sp³-hybridized carbons (Fsp3) is 0.250. The Labute approximate surface area is 233 Å². The zero-order valence-electron chi connectivity index (χ0n) is 22.5. The highest BCUT2D eigenvalue weighted by atomic mass is 35.5. The van der Waals surface area contributed by atoms with E-state index in [1.54, 1.807) is 31.3 Å². The Balaban J connectivity index is 1.55. The van der Waals surface area contributed by atoms with Crippen LogP contribution in [-0.4, -0.2) is 41.7 Å². The number of nitrogens with one attached hydrogen (secondary N) is 1. The summed E-state index contributed by atoms with van der Waals surface area (Å²) in [6, 6.07) is 18.8. The highest BCUT2D eigenvalue weighted by molar-refractivity contribution is 6.30. The van der Waals surface area contributed by atoms with Crippen LogP contribution in [0.3, 0.4) is 0 Å². The van der Waals surface area contributed by atoms with Gasteiger partial charge < -0.3 is 9.64 Å². The molecule has 1 N–H and O–H groups in total. The van der Waals surface area contributed by atoms with Gasteiger partial charge in [0, 0.05) is 24.5 Å². The van der Waals surface area contributed by atoms with Crippen molar-refractivity contribution in [3.05, 3.63) is 107 Å². The summed E-state index contributed by atoms with van der Waals surface area (Å²) in [5.41, 5.74) is 5.72. The first-order valence-electron chi connectivity index (χ1n) is 13.1. The SMILES string of the molecule is CC/C(=C(/c1ccc(OCCCC/C=C/C(=O)N(C)C)cc1)c1ccc2[nH]ncc2c1)c1cc(F)cc(Cl)c1. The van der Waals surface area contributed by atoms with Crippen LogP contribution in [0.15, 0.2) is 79.0 Å². The Morgan fingerprint density at radius 1 is 1.03 bits per heavy atom. The zero-order chi connectivity index (χ0) is 27.8. The summed E-state index contributed by atoms with van der Waals surface area (Å²) in [5.74, 6) is 0.418. The number of benzene rings is 3. The molecule has 0 fully saturated rings. The van der Waals surface area contributed by atoms with Crippen molar-refractivity contribution in [3.8, 4) is 5.75 Å². The van der Waals surface area contributed by atoms with E-state index >= 15 is 0 Å². The molecule has 4 rings (SSSR count). The first-order valence-corrected chi connectivity index (χ1v) is 13.5. The molecule has 3 aromatic carbocycles. The number of hydrogen-bond acceptors (Lipinski definition) is 3. The minimum atomic E-state index is -0.364. The summed E-state index contributed by atoms with van der Waals surface area (Å²) in [6.45, 7) is 2.66. The van der Waals surface area contributed by atoms with Crippen molar-refractivity contribution in [1.29, 1.82) is 0 Å². The lowest BCUT2D eigenvalue weighted by atomic mass is 9.88. The number of carbonyl (C=O) groups excluding carboxylic acids is 1. The van der Waals surface area contributed by atoms with Gasteiger partial charge in [0.05, 0.1) is 18.3 Å².